The van der Waals surface area contributed by atoms with Gasteiger partial charge in [-0.15, -0.1) is 11.3 Å². The molecule has 0 aliphatic heterocycles. The van der Waals surface area contributed by atoms with Gasteiger partial charge in [-0.2, -0.15) is 0 Å². The molecule has 0 saturated carbocycles. The highest BCUT2D eigenvalue weighted by Gasteiger charge is 1.97. The van der Waals surface area contributed by atoms with Gasteiger partial charge in [0, 0.05) is 11.9 Å². The van der Waals surface area contributed by atoms with Gasteiger partial charge in [0.05, 0.1) is 10.3 Å². The van der Waals surface area contributed by atoms with Crippen LogP contribution in [0.4, 0.5) is 0 Å². The van der Waals surface area contributed by atoms with E-state index >= 15 is 0 Å². The summed E-state index contributed by atoms with van der Waals surface area (Å²) in [6.45, 7) is 0.788. The molecule has 0 aromatic carbocycles. The van der Waals surface area contributed by atoms with E-state index in [2.05, 4.69) is 32.6 Å². The van der Waals surface area contributed by atoms with E-state index in [0.29, 0.717) is 5.11 Å². The van der Waals surface area contributed by atoms with E-state index in [1.54, 1.807) is 18.4 Å². The third-order valence-corrected chi connectivity index (χ3v) is 3.25. The van der Waals surface area contributed by atoms with Crippen LogP contribution >= 0.6 is 39.5 Å². The van der Waals surface area contributed by atoms with Crippen LogP contribution in [0.15, 0.2) is 15.9 Å². The summed E-state index contributed by atoms with van der Waals surface area (Å²) in [5, 5.41) is 6.61. The smallest absolute Gasteiger partial charge is 0.166 e. The maximum absolute atomic E-state index is 4.93. The Labute approximate surface area is 89.5 Å². The van der Waals surface area contributed by atoms with Gasteiger partial charge in [-0.05, 0) is 40.3 Å². The average Bonchev–Trinajstić information content (AvgIpc) is 2.47. The quantitative estimate of drug-likeness (QED) is 0.801. The van der Waals surface area contributed by atoms with Gasteiger partial charge in [-0.1, -0.05) is 0 Å². The minimum Gasteiger partial charge on any atom is -0.366 e. The second-order valence-electron chi connectivity index (χ2n) is 2.14. The summed E-state index contributed by atoms with van der Waals surface area (Å²) in [6.07, 6.45) is 0. The molecule has 0 radical (unpaired) electrons. The highest BCUT2D eigenvalue weighted by atomic mass is 79.9. The molecule has 0 aliphatic carbocycles. The molecule has 0 unspecified atom stereocenters. The van der Waals surface area contributed by atoms with Crippen molar-refractivity contribution in [3.05, 3.63) is 20.8 Å². The molecular weight excluding hydrogens is 256 g/mol. The number of thiophene rings is 1. The van der Waals surface area contributed by atoms with Gasteiger partial charge in [0.2, 0.25) is 0 Å². The van der Waals surface area contributed by atoms with E-state index in [4.69, 9.17) is 12.2 Å². The predicted octanol–water partition coefficient (Wildman–Crippen LogP) is 2.10. The number of hydrogen-bond donors (Lipinski definition) is 2. The summed E-state index contributed by atoms with van der Waals surface area (Å²) < 4.78 is 1.15. The van der Waals surface area contributed by atoms with Gasteiger partial charge in [0.1, 0.15) is 0 Å². The van der Waals surface area contributed by atoms with Crippen molar-refractivity contribution in [2.45, 2.75) is 6.54 Å². The molecule has 2 nitrogen and oxygen atoms in total. The monoisotopic (exact) mass is 264 g/mol. The van der Waals surface area contributed by atoms with Crippen molar-refractivity contribution in [2.75, 3.05) is 7.05 Å². The van der Waals surface area contributed by atoms with Crippen molar-refractivity contribution in [3.63, 3.8) is 0 Å². The Morgan fingerprint density at radius 3 is 2.92 bits per heavy atom. The van der Waals surface area contributed by atoms with E-state index < -0.39 is 0 Å². The maximum atomic E-state index is 4.93. The fourth-order valence-electron chi connectivity index (χ4n) is 0.703. The number of nitrogens with one attached hydrogen (secondary N) is 2. The van der Waals surface area contributed by atoms with Crippen LogP contribution in [0.1, 0.15) is 4.88 Å². The van der Waals surface area contributed by atoms with Gasteiger partial charge in [-0.3, -0.25) is 0 Å². The van der Waals surface area contributed by atoms with Gasteiger partial charge in [0.15, 0.2) is 5.11 Å². The first-order chi connectivity index (χ1) is 5.72. The summed E-state index contributed by atoms with van der Waals surface area (Å²) in [7, 11) is 1.81. The van der Waals surface area contributed by atoms with E-state index in [0.717, 1.165) is 10.3 Å². The van der Waals surface area contributed by atoms with E-state index in [1.165, 1.54) is 4.88 Å². The Morgan fingerprint density at radius 2 is 2.42 bits per heavy atom. The van der Waals surface area contributed by atoms with Crippen molar-refractivity contribution >= 4 is 44.6 Å². The van der Waals surface area contributed by atoms with Crippen molar-refractivity contribution in [2.24, 2.45) is 0 Å². The molecule has 1 rings (SSSR count). The Bertz CT molecular complexity index is 272. The molecule has 1 aromatic heterocycles. The fraction of sp³-hybridized carbons (Fsp3) is 0.286. The molecule has 1 heterocycles. The summed E-state index contributed by atoms with van der Waals surface area (Å²) in [5.41, 5.74) is 0. The van der Waals surface area contributed by atoms with Crippen molar-refractivity contribution < 1.29 is 0 Å². The van der Waals surface area contributed by atoms with Crippen LogP contribution in [0, 0.1) is 0 Å². The van der Waals surface area contributed by atoms with Crippen LogP contribution in [0.2, 0.25) is 0 Å². The summed E-state index contributed by atoms with van der Waals surface area (Å²) in [6, 6.07) is 4.10. The molecule has 2 N–H and O–H groups in total. The normalized spacial score (nSPS) is 9.50. The highest BCUT2D eigenvalue weighted by Crippen LogP contribution is 2.21. The topological polar surface area (TPSA) is 24.1 Å². The zero-order valence-corrected chi connectivity index (χ0v) is 9.78. The van der Waals surface area contributed by atoms with Gasteiger partial charge in [-0.25, -0.2) is 0 Å². The van der Waals surface area contributed by atoms with E-state index in [9.17, 15) is 0 Å². The molecule has 0 spiro atoms. The molecular formula is C7H9BrN2S2. The fourth-order valence-corrected chi connectivity index (χ4v) is 2.20. The second-order valence-corrected chi connectivity index (χ2v) is 5.09. The molecule has 0 saturated heterocycles. The van der Waals surface area contributed by atoms with Crippen LogP contribution in [0.5, 0.6) is 0 Å². The Morgan fingerprint density at radius 1 is 1.67 bits per heavy atom. The molecule has 0 fully saturated rings. The number of hydrogen-bond acceptors (Lipinski definition) is 2. The maximum Gasteiger partial charge on any atom is 0.166 e. The van der Waals surface area contributed by atoms with Crippen LogP contribution in [-0.4, -0.2) is 12.2 Å². The summed E-state index contributed by atoms with van der Waals surface area (Å²) in [4.78, 5) is 1.26. The standard InChI is InChI=1S/C7H9BrN2S2/c1-9-7(11)10-4-5-2-3-6(8)12-5/h2-3H,4H2,1H3,(H2,9,10,11). The molecule has 0 atom stereocenters. The Balaban J connectivity index is 2.38. The third-order valence-electron chi connectivity index (χ3n) is 1.28. The second kappa shape index (κ2) is 4.79. The SMILES string of the molecule is CNC(=S)NCc1ccc(Br)s1. The van der Waals surface area contributed by atoms with Crippen LogP contribution in [0.3, 0.4) is 0 Å². The van der Waals surface area contributed by atoms with E-state index in [-0.39, 0.29) is 0 Å². The molecule has 0 amide bonds. The zero-order valence-electron chi connectivity index (χ0n) is 6.56. The molecule has 66 valence electrons. The number of rotatable bonds is 2. The van der Waals surface area contributed by atoms with E-state index in [1.807, 2.05) is 6.07 Å². The lowest BCUT2D eigenvalue weighted by atomic mass is 10.5. The van der Waals surface area contributed by atoms with Crippen LogP contribution in [-0.2, 0) is 6.54 Å². The minimum atomic E-state index is 0.680. The third kappa shape index (κ3) is 3.08. The first kappa shape index (κ1) is 9.95. The highest BCUT2D eigenvalue weighted by molar-refractivity contribution is 9.11. The number of thiocarbonyl (C=S) groups is 1. The van der Waals surface area contributed by atoms with Gasteiger partial charge in [0.25, 0.3) is 0 Å². The van der Waals surface area contributed by atoms with Crippen LogP contribution in [0.25, 0.3) is 0 Å². The lowest BCUT2D eigenvalue weighted by Gasteiger charge is -2.03. The molecule has 0 bridgehead atoms. The first-order valence-electron chi connectivity index (χ1n) is 3.42. The Kier molecular flexibility index (Phi) is 3.97. The van der Waals surface area contributed by atoms with Crippen molar-refractivity contribution in [1.82, 2.24) is 10.6 Å². The van der Waals surface area contributed by atoms with Gasteiger partial charge >= 0.3 is 0 Å². The molecule has 0 aliphatic rings. The predicted molar refractivity (Wildman–Crippen MR) is 60.5 cm³/mol. The molecule has 5 heteroatoms. The lowest BCUT2D eigenvalue weighted by molar-refractivity contribution is 0.906. The van der Waals surface area contributed by atoms with Crippen molar-refractivity contribution in [1.29, 1.82) is 0 Å². The minimum absolute atomic E-state index is 0.680. The lowest BCUT2D eigenvalue weighted by Crippen LogP contribution is -2.31. The number of halogens is 1. The largest absolute Gasteiger partial charge is 0.366 e. The molecule has 12 heavy (non-hydrogen) atoms. The summed E-state index contributed by atoms with van der Waals surface area (Å²) in [5.74, 6) is 0. The van der Waals surface area contributed by atoms with Crippen LogP contribution < -0.4 is 10.6 Å². The average molecular weight is 265 g/mol. The zero-order chi connectivity index (χ0) is 8.97. The van der Waals surface area contributed by atoms with Gasteiger partial charge < -0.3 is 10.6 Å². The first-order valence-corrected chi connectivity index (χ1v) is 5.44. The Hall–Kier alpha value is -0.130. The molecule has 1 aromatic rings. The van der Waals surface area contributed by atoms with Crippen molar-refractivity contribution in [3.8, 4) is 0 Å². The summed E-state index contributed by atoms with van der Waals surface area (Å²) >= 11 is 10.0.